The zero-order valence-electron chi connectivity index (χ0n) is 14.4. The Kier molecular flexibility index (Phi) is 6.60. The number of carbonyl (C=O) groups is 1. The highest BCUT2D eigenvalue weighted by Gasteiger charge is 2.18. The van der Waals surface area contributed by atoms with Gasteiger partial charge >= 0.3 is 0 Å². The molecule has 1 fully saturated rings. The monoisotopic (exact) mass is 339 g/mol. The molecular weight excluding hydrogens is 314 g/mol. The van der Waals surface area contributed by atoms with E-state index in [0.717, 1.165) is 30.6 Å². The third-order valence-electron chi connectivity index (χ3n) is 4.30. The van der Waals surface area contributed by atoms with E-state index in [1.807, 2.05) is 36.4 Å². The average molecular weight is 339 g/mol. The van der Waals surface area contributed by atoms with Crippen LogP contribution in [0.5, 0.6) is 0 Å². The number of carbonyl (C=O) groups excluding carboxylic acids is 1. The summed E-state index contributed by atoms with van der Waals surface area (Å²) >= 11 is 0. The summed E-state index contributed by atoms with van der Waals surface area (Å²) in [7, 11) is 0. The maximum absolute atomic E-state index is 12.0. The van der Waals surface area contributed by atoms with Gasteiger partial charge in [0, 0.05) is 13.2 Å². The topological polar surface area (TPSA) is 47.6 Å². The van der Waals surface area contributed by atoms with Crippen molar-refractivity contribution in [1.29, 1.82) is 0 Å². The third-order valence-corrected chi connectivity index (χ3v) is 4.30. The quantitative estimate of drug-likeness (QED) is 0.799. The summed E-state index contributed by atoms with van der Waals surface area (Å²) in [5.41, 5.74) is 3.36. The van der Waals surface area contributed by atoms with E-state index in [4.69, 9.17) is 9.47 Å². The van der Waals surface area contributed by atoms with E-state index >= 15 is 0 Å². The first-order valence-corrected chi connectivity index (χ1v) is 8.87. The summed E-state index contributed by atoms with van der Waals surface area (Å²) < 4.78 is 11.3. The van der Waals surface area contributed by atoms with Crippen molar-refractivity contribution in [2.24, 2.45) is 0 Å². The molecule has 132 valence electrons. The number of hydrogen-bond acceptors (Lipinski definition) is 3. The van der Waals surface area contributed by atoms with Crippen LogP contribution < -0.4 is 5.32 Å². The van der Waals surface area contributed by atoms with Crippen molar-refractivity contribution in [3.63, 3.8) is 0 Å². The molecule has 4 heteroatoms. The first kappa shape index (κ1) is 17.6. The molecule has 25 heavy (non-hydrogen) atoms. The molecule has 3 rings (SSSR count). The summed E-state index contributed by atoms with van der Waals surface area (Å²) in [6.07, 6.45) is 2.60. The highest BCUT2D eigenvalue weighted by Crippen LogP contribution is 2.15. The second kappa shape index (κ2) is 9.35. The smallest absolute Gasteiger partial charge is 0.222 e. The van der Waals surface area contributed by atoms with Crippen molar-refractivity contribution >= 4 is 5.91 Å². The van der Waals surface area contributed by atoms with Crippen LogP contribution >= 0.6 is 0 Å². The molecule has 1 N–H and O–H groups in total. The number of nitrogens with one attached hydrogen (secondary N) is 1. The highest BCUT2D eigenvalue weighted by atomic mass is 16.5. The molecule has 0 radical (unpaired) electrons. The van der Waals surface area contributed by atoms with E-state index in [1.165, 1.54) is 5.56 Å². The Bertz CT molecular complexity index is 666. The zero-order valence-corrected chi connectivity index (χ0v) is 14.4. The summed E-state index contributed by atoms with van der Waals surface area (Å²) in [5, 5.41) is 2.98. The van der Waals surface area contributed by atoms with E-state index in [-0.39, 0.29) is 12.0 Å². The van der Waals surface area contributed by atoms with Crippen LogP contribution in [0.1, 0.15) is 36.0 Å². The van der Waals surface area contributed by atoms with Gasteiger partial charge < -0.3 is 14.8 Å². The van der Waals surface area contributed by atoms with Gasteiger partial charge in [0.25, 0.3) is 0 Å². The third kappa shape index (κ3) is 6.00. The van der Waals surface area contributed by atoms with Gasteiger partial charge in [-0.15, -0.1) is 0 Å². The molecule has 2 aromatic rings. The molecule has 0 saturated carbocycles. The summed E-state index contributed by atoms with van der Waals surface area (Å²) in [5.74, 6) is 0.0534. The second-order valence-corrected chi connectivity index (χ2v) is 6.41. The molecule has 0 aromatic heterocycles. The summed E-state index contributed by atoms with van der Waals surface area (Å²) in [6, 6.07) is 18.3. The lowest BCUT2D eigenvalue weighted by Gasteiger charge is -2.11. The normalized spacial score (nSPS) is 16.7. The molecule has 1 heterocycles. The van der Waals surface area contributed by atoms with E-state index in [2.05, 4.69) is 23.5 Å². The molecule has 4 nitrogen and oxygen atoms in total. The van der Waals surface area contributed by atoms with Gasteiger partial charge in [0.05, 0.1) is 25.7 Å². The van der Waals surface area contributed by atoms with Crippen LogP contribution in [0.15, 0.2) is 54.6 Å². The van der Waals surface area contributed by atoms with Gasteiger partial charge in [-0.1, -0.05) is 54.6 Å². The number of amides is 1. The summed E-state index contributed by atoms with van der Waals surface area (Å²) in [4.78, 5) is 12.0. The van der Waals surface area contributed by atoms with Gasteiger partial charge in [0.1, 0.15) is 0 Å². The molecule has 1 amide bonds. The van der Waals surface area contributed by atoms with Gasteiger partial charge in [0.2, 0.25) is 5.91 Å². The molecular formula is C21H25NO3. The van der Waals surface area contributed by atoms with Gasteiger partial charge in [-0.2, -0.15) is 0 Å². The lowest BCUT2D eigenvalue weighted by atomic mass is 10.1. The fourth-order valence-electron chi connectivity index (χ4n) is 2.98. The van der Waals surface area contributed by atoms with Gasteiger partial charge in [-0.25, -0.2) is 0 Å². The van der Waals surface area contributed by atoms with Crippen molar-refractivity contribution in [3.05, 3.63) is 71.3 Å². The van der Waals surface area contributed by atoms with Crippen LogP contribution in [-0.2, 0) is 34.0 Å². The van der Waals surface area contributed by atoms with E-state index in [0.29, 0.717) is 26.2 Å². The van der Waals surface area contributed by atoms with E-state index < -0.39 is 0 Å². The van der Waals surface area contributed by atoms with E-state index in [1.54, 1.807) is 0 Å². The molecule has 1 aliphatic heterocycles. The second-order valence-electron chi connectivity index (χ2n) is 6.41. The average Bonchev–Trinajstić information content (AvgIpc) is 3.14. The lowest BCUT2D eigenvalue weighted by Crippen LogP contribution is -2.26. The molecule has 2 aromatic carbocycles. The van der Waals surface area contributed by atoms with Gasteiger partial charge in [-0.05, 0) is 29.5 Å². The lowest BCUT2D eigenvalue weighted by molar-refractivity contribution is -0.123. The zero-order chi connectivity index (χ0) is 17.3. The molecule has 1 aliphatic rings. The molecule has 1 atom stereocenters. The van der Waals surface area contributed by atoms with Crippen LogP contribution in [0.4, 0.5) is 0 Å². The van der Waals surface area contributed by atoms with Crippen molar-refractivity contribution in [3.8, 4) is 0 Å². The number of ether oxygens (including phenoxy) is 2. The minimum atomic E-state index is 0.0534. The predicted molar refractivity (Wildman–Crippen MR) is 96.8 cm³/mol. The van der Waals surface area contributed by atoms with Crippen molar-refractivity contribution in [1.82, 2.24) is 5.32 Å². The standard InChI is InChI=1S/C21H25NO3/c23-21(13-20-10-5-11-25-20)22-14-18-8-4-9-19(12-18)16-24-15-17-6-2-1-3-7-17/h1-4,6-9,12,20H,5,10-11,13-16H2,(H,22,23)/t20-/m1/s1. The Morgan fingerprint density at radius 2 is 1.80 bits per heavy atom. The molecule has 1 saturated heterocycles. The van der Waals surface area contributed by atoms with Gasteiger partial charge in [-0.3, -0.25) is 4.79 Å². The molecule has 0 bridgehead atoms. The first-order valence-electron chi connectivity index (χ1n) is 8.87. The number of benzene rings is 2. The van der Waals surface area contributed by atoms with Crippen LogP contribution in [0.25, 0.3) is 0 Å². The Morgan fingerprint density at radius 1 is 1.04 bits per heavy atom. The highest BCUT2D eigenvalue weighted by molar-refractivity contribution is 5.76. The van der Waals surface area contributed by atoms with E-state index in [9.17, 15) is 4.79 Å². The largest absolute Gasteiger partial charge is 0.378 e. The minimum absolute atomic E-state index is 0.0534. The minimum Gasteiger partial charge on any atom is -0.378 e. The molecule has 0 spiro atoms. The fraction of sp³-hybridized carbons (Fsp3) is 0.381. The van der Waals surface area contributed by atoms with Crippen molar-refractivity contribution < 1.29 is 14.3 Å². The Morgan fingerprint density at radius 3 is 2.60 bits per heavy atom. The Balaban J connectivity index is 1.42. The van der Waals surface area contributed by atoms with Crippen LogP contribution in [0.2, 0.25) is 0 Å². The van der Waals surface area contributed by atoms with Gasteiger partial charge in [0.15, 0.2) is 0 Å². The fourth-order valence-corrected chi connectivity index (χ4v) is 2.98. The first-order chi connectivity index (χ1) is 12.3. The van der Waals surface area contributed by atoms with Crippen LogP contribution in [0, 0.1) is 0 Å². The number of rotatable bonds is 8. The Hall–Kier alpha value is -2.17. The van der Waals surface area contributed by atoms with Crippen molar-refractivity contribution in [2.45, 2.75) is 45.1 Å². The van der Waals surface area contributed by atoms with Crippen molar-refractivity contribution in [2.75, 3.05) is 6.61 Å². The maximum atomic E-state index is 12.0. The summed E-state index contributed by atoms with van der Waals surface area (Å²) in [6.45, 7) is 2.48. The maximum Gasteiger partial charge on any atom is 0.222 e. The number of hydrogen-bond donors (Lipinski definition) is 1. The molecule has 0 aliphatic carbocycles. The van der Waals surface area contributed by atoms with Crippen LogP contribution in [0.3, 0.4) is 0 Å². The SMILES string of the molecule is O=C(C[C@H]1CCCO1)NCc1cccc(COCc2ccccc2)c1. The van der Waals surface area contributed by atoms with Crippen LogP contribution in [-0.4, -0.2) is 18.6 Å². The predicted octanol–water partition coefficient (Wildman–Crippen LogP) is 3.59. The Labute approximate surface area is 149 Å². The molecule has 0 unspecified atom stereocenters.